The number of H-pyrrole nitrogens is 1. The van der Waals surface area contributed by atoms with Crippen molar-refractivity contribution >= 4 is 23.2 Å². The Labute approximate surface area is 160 Å². The summed E-state index contributed by atoms with van der Waals surface area (Å²) in [4.78, 5) is 24.9. The van der Waals surface area contributed by atoms with Crippen molar-refractivity contribution in [1.29, 1.82) is 0 Å². The molecule has 2 aromatic carbocycles. The number of hydrogen-bond donors (Lipinski definition) is 2. The zero-order valence-corrected chi connectivity index (χ0v) is 15.7. The van der Waals surface area contributed by atoms with Gasteiger partial charge in [-0.3, -0.25) is 14.7 Å². The van der Waals surface area contributed by atoms with Gasteiger partial charge in [0.05, 0.1) is 16.4 Å². The molecule has 0 radical (unpaired) electrons. The Kier molecular flexibility index (Phi) is 5.46. The van der Waals surface area contributed by atoms with Crippen LogP contribution in [0.15, 0.2) is 47.3 Å². The van der Waals surface area contributed by atoms with Crippen LogP contribution in [0.1, 0.15) is 23.2 Å². The lowest BCUT2D eigenvalue weighted by Gasteiger charge is -2.07. The molecule has 0 fully saturated rings. The lowest BCUT2D eigenvalue weighted by molar-refractivity contribution is -0.116. The van der Waals surface area contributed by atoms with E-state index >= 15 is 0 Å². The first-order valence-electron chi connectivity index (χ1n) is 8.47. The number of hydrogen-bond acceptors (Lipinski definition) is 2. The number of halogens is 2. The first kappa shape index (κ1) is 18.9. The average molecular weight is 388 g/mol. The maximum absolute atomic E-state index is 13.1. The fraction of sp³-hybridized carbons (Fsp3) is 0.200. The van der Waals surface area contributed by atoms with Crippen molar-refractivity contribution in [3.05, 3.63) is 80.5 Å². The number of amides is 1. The van der Waals surface area contributed by atoms with Crippen LogP contribution in [0.5, 0.6) is 0 Å². The third-order valence-corrected chi connectivity index (χ3v) is 4.59. The van der Waals surface area contributed by atoms with Crippen LogP contribution >= 0.6 is 11.6 Å². The van der Waals surface area contributed by atoms with Crippen molar-refractivity contribution in [2.45, 2.75) is 26.7 Å². The summed E-state index contributed by atoms with van der Waals surface area (Å²) in [6.07, 6.45) is 0.423. The van der Waals surface area contributed by atoms with E-state index in [-0.39, 0.29) is 30.1 Å². The van der Waals surface area contributed by atoms with E-state index in [0.29, 0.717) is 27.7 Å². The van der Waals surface area contributed by atoms with Crippen molar-refractivity contribution in [2.24, 2.45) is 0 Å². The van der Waals surface area contributed by atoms with Gasteiger partial charge in [0.15, 0.2) is 0 Å². The van der Waals surface area contributed by atoms with Crippen molar-refractivity contribution in [2.75, 3.05) is 5.32 Å². The molecule has 0 saturated heterocycles. The Morgan fingerprint density at radius 2 is 1.89 bits per heavy atom. The maximum Gasteiger partial charge on any atom is 0.274 e. The highest BCUT2D eigenvalue weighted by molar-refractivity contribution is 6.33. The second kappa shape index (κ2) is 7.80. The molecule has 2 N–H and O–H groups in total. The predicted octanol–water partition coefficient (Wildman–Crippen LogP) is 4.15. The average Bonchev–Trinajstić information content (AvgIpc) is 2.90. The van der Waals surface area contributed by atoms with E-state index in [1.165, 1.54) is 28.9 Å². The van der Waals surface area contributed by atoms with Gasteiger partial charge in [-0.05, 0) is 62.2 Å². The number of carbonyl (C=O) groups is 1. The first-order valence-corrected chi connectivity index (χ1v) is 8.85. The Balaban J connectivity index is 1.72. The molecule has 1 aromatic heterocycles. The molecule has 0 spiro atoms. The van der Waals surface area contributed by atoms with Crippen LogP contribution in [0.25, 0.3) is 5.69 Å². The minimum Gasteiger partial charge on any atom is -0.325 e. The molecule has 1 amide bonds. The summed E-state index contributed by atoms with van der Waals surface area (Å²) >= 11 is 6.12. The molecule has 0 saturated carbocycles. The summed E-state index contributed by atoms with van der Waals surface area (Å²) in [6, 6.07) is 11.0. The van der Waals surface area contributed by atoms with Crippen LogP contribution in [0, 0.1) is 19.7 Å². The molecule has 0 aliphatic rings. The Hall–Kier alpha value is -2.86. The van der Waals surface area contributed by atoms with Gasteiger partial charge in [-0.1, -0.05) is 17.7 Å². The lowest BCUT2D eigenvalue weighted by atomic mass is 10.1. The summed E-state index contributed by atoms with van der Waals surface area (Å²) < 4.78 is 14.4. The molecule has 0 unspecified atom stereocenters. The summed E-state index contributed by atoms with van der Waals surface area (Å²) in [5.41, 5.74) is 3.02. The third kappa shape index (κ3) is 4.28. The highest BCUT2D eigenvalue weighted by atomic mass is 35.5. The quantitative estimate of drug-likeness (QED) is 0.690. The van der Waals surface area contributed by atoms with Crippen LogP contribution < -0.4 is 10.9 Å². The number of carbonyl (C=O) groups excluding carboxylic acids is 1. The van der Waals surface area contributed by atoms with Gasteiger partial charge in [-0.25, -0.2) is 9.07 Å². The van der Waals surface area contributed by atoms with Crippen molar-refractivity contribution in [1.82, 2.24) is 9.78 Å². The molecule has 7 heteroatoms. The van der Waals surface area contributed by atoms with E-state index in [4.69, 9.17) is 11.6 Å². The fourth-order valence-electron chi connectivity index (χ4n) is 2.82. The monoisotopic (exact) mass is 387 g/mol. The largest absolute Gasteiger partial charge is 0.325 e. The standard InChI is InChI=1S/C20H19ClFN3O2/c1-12-3-9-18(17(21)11-12)23-19(26)10-8-16-13(2)24-25(20(16)27)15-6-4-14(22)5-7-15/h3-7,9,11,24H,8,10H2,1-2H3,(H,23,26). The van der Waals surface area contributed by atoms with Gasteiger partial charge in [-0.15, -0.1) is 0 Å². The van der Waals surface area contributed by atoms with Crippen LogP contribution in [0.4, 0.5) is 10.1 Å². The highest BCUT2D eigenvalue weighted by Gasteiger charge is 2.14. The Morgan fingerprint density at radius 3 is 2.56 bits per heavy atom. The molecule has 27 heavy (non-hydrogen) atoms. The van der Waals surface area contributed by atoms with Gasteiger partial charge in [0.1, 0.15) is 5.82 Å². The molecule has 3 aromatic rings. The van der Waals surface area contributed by atoms with Crippen molar-refractivity contribution in [3.8, 4) is 5.69 Å². The van der Waals surface area contributed by atoms with Gasteiger partial charge in [0.2, 0.25) is 5.91 Å². The zero-order chi connectivity index (χ0) is 19.6. The molecule has 3 rings (SSSR count). The number of nitrogens with zero attached hydrogens (tertiary/aromatic N) is 1. The third-order valence-electron chi connectivity index (χ3n) is 4.28. The molecule has 0 aliphatic heterocycles. The number of benzene rings is 2. The molecule has 0 atom stereocenters. The fourth-order valence-corrected chi connectivity index (χ4v) is 3.10. The van der Waals surface area contributed by atoms with E-state index in [1.807, 2.05) is 13.0 Å². The van der Waals surface area contributed by atoms with E-state index < -0.39 is 0 Å². The van der Waals surface area contributed by atoms with Crippen molar-refractivity contribution < 1.29 is 9.18 Å². The normalized spacial score (nSPS) is 10.8. The summed E-state index contributed by atoms with van der Waals surface area (Å²) in [6.45, 7) is 3.68. The number of aryl methyl sites for hydroxylation is 2. The first-order chi connectivity index (χ1) is 12.8. The van der Waals surface area contributed by atoms with Gasteiger partial charge in [0.25, 0.3) is 5.56 Å². The molecule has 0 bridgehead atoms. The molecular weight excluding hydrogens is 369 g/mol. The van der Waals surface area contributed by atoms with Gasteiger partial charge in [0, 0.05) is 17.7 Å². The maximum atomic E-state index is 13.1. The van der Waals surface area contributed by atoms with E-state index in [1.54, 1.807) is 19.1 Å². The van der Waals surface area contributed by atoms with Gasteiger partial charge >= 0.3 is 0 Å². The Bertz CT molecular complexity index is 1040. The molecule has 140 valence electrons. The lowest BCUT2D eigenvalue weighted by Crippen LogP contribution is -2.19. The van der Waals surface area contributed by atoms with Crippen LogP contribution in [0.3, 0.4) is 0 Å². The smallest absolute Gasteiger partial charge is 0.274 e. The molecule has 1 heterocycles. The number of nitrogens with one attached hydrogen (secondary N) is 2. The van der Waals surface area contributed by atoms with E-state index in [9.17, 15) is 14.0 Å². The topological polar surface area (TPSA) is 66.9 Å². The minimum absolute atomic E-state index is 0.140. The summed E-state index contributed by atoms with van der Waals surface area (Å²) in [7, 11) is 0. The predicted molar refractivity (Wildman–Crippen MR) is 104 cm³/mol. The molecule has 5 nitrogen and oxygen atoms in total. The number of anilines is 1. The number of rotatable bonds is 5. The molecular formula is C20H19ClFN3O2. The second-order valence-electron chi connectivity index (χ2n) is 6.36. The molecule has 0 aliphatic carbocycles. The van der Waals surface area contributed by atoms with Crippen molar-refractivity contribution in [3.63, 3.8) is 0 Å². The van der Waals surface area contributed by atoms with Gasteiger partial charge in [-0.2, -0.15) is 0 Å². The van der Waals surface area contributed by atoms with E-state index in [2.05, 4.69) is 10.4 Å². The SMILES string of the molecule is Cc1ccc(NC(=O)CCc2c(C)[nH]n(-c3ccc(F)cc3)c2=O)c(Cl)c1. The second-order valence-corrected chi connectivity index (χ2v) is 6.77. The van der Waals surface area contributed by atoms with Crippen LogP contribution in [-0.2, 0) is 11.2 Å². The zero-order valence-electron chi connectivity index (χ0n) is 15.0. The van der Waals surface area contributed by atoms with Crippen LogP contribution in [0.2, 0.25) is 5.02 Å². The van der Waals surface area contributed by atoms with Crippen LogP contribution in [-0.4, -0.2) is 15.7 Å². The Morgan fingerprint density at radius 1 is 1.19 bits per heavy atom. The highest BCUT2D eigenvalue weighted by Crippen LogP contribution is 2.23. The van der Waals surface area contributed by atoms with Gasteiger partial charge < -0.3 is 5.32 Å². The number of aromatic amines is 1. The van der Waals surface area contributed by atoms with E-state index in [0.717, 1.165) is 5.56 Å². The summed E-state index contributed by atoms with van der Waals surface area (Å²) in [5, 5.41) is 6.20. The minimum atomic E-state index is -0.373. The number of aromatic nitrogens is 2. The summed E-state index contributed by atoms with van der Waals surface area (Å²) in [5.74, 6) is -0.601.